The summed E-state index contributed by atoms with van der Waals surface area (Å²) in [6.07, 6.45) is 0.317. The molecule has 0 aromatic heterocycles. The Kier molecular flexibility index (Phi) is 6.74. The highest BCUT2D eigenvalue weighted by atomic mass is 31.2. The Bertz CT molecular complexity index is 485. The van der Waals surface area contributed by atoms with Crippen LogP contribution in [-0.4, -0.2) is 26.0 Å². The van der Waals surface area contributed by atoms with E-state index in [1.165, 1.54) is 0 Å². The lowest BCUT2D eigenvalue weighted by molar-refractivity contribution is 0.216. The first-order chi connectivity index (χ1) is 9.59. The molecule has 6 heteroatoms. The molecule has 0 aliphatic carbocycles. The summed E-state index contributed by atoms with van der Waals surface area (Å²) in [7, 11) is -1.82. The molecule has 5 nitrogen and oxygen atoms in total. The van der Waals surface area contributed by atoms with Crippen molar-refractivity contribution in [3.63, 3.8) is 0 Å². The van der Waals surface area contributed by atoms with Crippen LogP contribution in [0.4, 0.5) is 0 Å². The molecule has 0 spiro atoms. The van der Waals surface area contributed by atoms with Gasteiger partial charge in [-0.15, -0.1) is 0 Å². The smallest absolute Gasteiger partial charge is 0.348 e. The number of nitriles is 1. The van der Waals surface area contributed by atoms with Gasteiger partial charge in [0.05, 0.1) is 26.4 Å². The summed E-state index contributed by atoms with van der Waals surface area (Å²) < 4.78 is 28.1. The van der Waals surface area contributed by atoms with Crippen LogP contribution in [0.5, 0.6) is 5.75 Å². The van der Waals surface area contributed by atoms with E-state index in [1.54, 1.807) is 33.1 Å². The zero-order valence-electron chi connectivity index (χ0n) is 12.0. The summed E-state index contributed by atoms with van der Waals surface area (Å²) >= 11 is 0. The fourth-order valence-corrected chi connectivity index (χ4v) is 3.52. The van der Waals surface area contributed by atoms with Gasteiger partial charge in [0, 0.05) is 0 Å². The van der Waals surface area contributed by atoms with Crippen LogP contribution < -0.4 is 4.74 Å². The molecule has 0 saturated carbocycles. The molecule has 0 fully saturated rings. The van der Waals surface area contributed by atoms with Gasteiger partial charge < -0.3 is 13.8 Å². The van der Waals surface area contributed by atoms with E-state index in [4.69, 9.17) is 13.8 Å². The van der Waals surface area contributed by atoms with Crippen molar-refractivity contribution < 1.29 is 18.3 Å². The van der Waals surface area contributed by atoms with E-state index >= 15 is 0 Å². The van der Waals surface area contributed by atoms with Gasteiger partial charge in [0.2, 0.25) is 0 Å². The second-order valence-electron chi connectivity index (χ2n) is 4.07. The van der Waals surface area contributed by atoms with Crippen molar-refractivity contribution in [3.05, 3.63) is 29.8 Å². The zero-order valence-corrected chi connectivity index (χ0v) is 12.9. The summed E-state index contributed by atoms with van der Waals surface area (Å²) in [5, 5.41) is 9.27. The van der Waals surface area contributed by atoms with Crippen LogP contribution in [0.3, 0.4) is 0 Å². The minimum Gasteiger partial charge on any atom is -0.497 e. The second kappa shape index (κ2) is 8.06. The lowest BCUT2D eigenvalue weighted by atomic mass is 10.1. The lowest BCUT2D eigenvalue weighted by Gasteiger charge is -2.21. The number of hydrogen-bond donors (Lipinski definition) is 0. The van der Waals surface area contributed by atoms with Crippen molar-refractivity contribution in [1.82, 2.24) is 0 Å². The fourth-order valence-electron chi connectivity index (χ4n) is 1.79. The van der Waals surface area contributed by atoms with E-state index in [0.717, 1.165) is 11.3 Å². The van der Waals surface area contributed by atoms with E-state index < -0.39 is 13.3 Å². The molecule has 0 radical (unpaired) electrons. The van der Waals surface area contributed by atoms with Gasteiger partial charge in [0.1, 0.15) is 5.75 Å². The van der Waals surface area contributed by atoms with Crippen molar-refractivity contribution in [1.29, 1.82) is 5.26 Å². The third kappa shape index (κ3) is 4.35. The molecular formula is C14H20NO4P. The Morgan fingerprint density at radius 1 is 1.20 bits per heavy atom. The Hall–Kier alpha value is -1.34. The molecule has 20 heavy (non-hydrogen) atoms. The first kappa shape index (κ1) is 16.7. The van der Waals surface area contributed by atoms with Crippen LogP contribution >= 0.6 is 7.60 Å². The first-order valence-electron chi connectivity index (χ1n) is 6.51. The summed E-state index contributed by atoms with van der Waals surface area (Å²) in [6.45, 7) is 3.96. The average molecular weight is 297 g/mol. The van der Waals surface area contributed by atoms with Gasteiger partial charge >= 0.3 is 7.60 Å². The molecule has 0 unspecified atom stereocenters. The normalized spacial score (nSPS) is 12.7. The topological polar surface area (TPSA) is 68.5 Å². The number of hydrogen-bond acceptors (Lipinski definition) is 5. The molecule has 110 valence electrons. The maximum Gasteiger partial charge on any atom is 0.348 e. The number of benzene rings is 1. The number of nitrogens with zero attached hydrogens (tertiary/aromatic N) is 1. The largest absolute Gasteiger partial charge is 0.497 e. The minimum atomic E-state index is -3.41. The van der Waals surface area contributed by atoms with E-state index in [1.807, 2.05) is 18.2 Å². The molecule has 0 heterocycles. The lowest BCUT2D eigenvalue weighted by Crippen LogP contribution is -2.14. The number of methoxy groups -OCH3 is 1. The molecule has 0 saturated heterocycles. The SMILES string of the molecule is CCOP(=O)(OCC)[C@@H](C#N)Cc1ccc(OC)cc1. The molecule has 1 rings (SSSR count). The molecule has 1 aromatic carbocycles. The van der Waals surface area contributed by atoms with Gasteiger partial charge in [-0.3, -0.25) is 4.57 Å². The van der Waals surface area contributed by atoms with Gasteiger partial charge in [-0.2, -0.15) is 5.26 Å². The molecule has 1 aromatic rings. The van der Waals surface area contributed by atoms with Crippen LogP contribution in [0.15, 0.2) is 24.3 Å². The quantitative estimate of drug-likeness (QED) is 0.688. The third-order valence-electron chi connectivity index (χ3n) is 2.74. The van der Waals surface area contributed by atoms with Crippen LogP contribution in [0, 0.1) is 11.3 Å². The monoisotopic (exact) mass is 297 g/mol. The first-order valence-corrected chi connectivity index (χ1v) is 8.12. The van der Waals surface area contributed by atoms with E-state index in [-0.39, 0.29) is 13.2 Å². The van der Waals surface area contributed by atoms with Gasteiger partial charge in [-0.1, -0.05) is 12.1 Å². The van der Waals surface area contributed by atoms with Crippen molar-refractivity contribution in [3.8, 4) is 11.8 Å². The molecular weight excluding hydrogens is 277 g/mol. The molecule has 1 atom stereocenters. The highest BCUT2D eigenvalue weighted by Crippen LogP contribution is 2.53. The molecule has 0 N–H and O–H groups in total. The van der Waals surface area contributed by atoms with Crippen molar-refractivity contribution >= 4 is 7.60 Å². The predicted molar refractivity (Wildman–Crippen MR) is 77.0 cm³/mol. The Morgan fingerprint density at radius 3 is 2.15 bits per heavy atom. The van der Waals surface area contributed by atoms with E-state index in [2.05, 4.69) is 0 Å². The highest BCUT2D eigenvalue weighted by molar-refractivity contribution is 7.55. The standard InChI is InChI=1S/C14H20NO4P/c1-4-18-20(16,19-5-2)14(11-15)10-12-6-8-13(17-3)9-7-12/h6-9,14H,4-5,10H2,1-3H3/t14-/m1/s1. The third-order valence-corrected chi connectivity index (χ3v) is 5.03. The zero-order chi connectivity index (χ0) is 15.0. The van der Waals surface area contributed by atoms with E-state index in [9.17, 15) is 9.83 Å². The van der Waals surface area contributed by atoms with Crippen molar-refractivity contribution in [2.45, 2.75) is 25.9 Å². The maximum absolute atomic E-state index is 12.6. The highest BCUT2D eigenvalue weighted by Gasteiger charge is 2.35. The van der Waals surface area contributed by atoms with Crippen LogP contribution in [0.1, 0.15) is 19.4 Å². The minimum absolute atomic E-state index is 0.248. The summed E-state index contributed by atoms with van der Waals surface area (Å²) in [5.74, 6) is 0.736. The van der Waals surface area contributed by atoms with E-state index in [0.29, 0.717) is 6.42 Å². The van der Waals surface area contributed by atoms with Gasteiger partial charge in [0.15, 0.2) is 5.66 Å². The molecule has 0 amide bonds. The average Bonchev–Trinajstić information content (AvgIpc) is 2.45. The molecule has 0 aliphatic heterocycles. The van der Waals surface area contributed by atoms with Gasteiger partial charge in [-0.25, -0.2) is 0 Å². The summed E-state index contributed by atoms with van der Waals surface area (Å²) in [5.41, 5.74) is 0.0766. The molecule has 0 bridgehead atoms. The van der Waals surface area contributed by atoms with Crippen LogP contribution in [0.2, 0.25) is 0 Å². The van der Waals surface area contributed by atoms with Crippen molar-refractivity contribution in [2.75, 3.05) is 20.3 Å². The Morgan fingerprint density at radius 2 is 1.75 bits per heavy atom. The number of rotatable bonds is 8. The Labute approximate surface area is 120 Å². The predicted octanol–water partition coefficient (Wildman–Crippen LogP) is 3.40. The maximum atomic E-state index is 12.6. The van der Waals surface area contributed by atoms with Crippen molar-refractivity contribution in [2.24, 2.45) is 0 Å². The fraction of sp³-hybridized carbons (Fsp3) is 0.500. The summed E-state index contributed by atoms with van der Waals surface area (Å²) in [4.78, 5) is 0. The van der Waals surface area contributed by atoms with Crippen LogP contribution in [0.25, 0.3) is 0 Å². The number of ether oxygens (including phenoxy) is 1. The van der Waals surface area contributed by atoms with Gasteiger partial charge in [0.25, 0.3) is 0 Å². The van der Waals surface area contributed by atoms with Crippen LogP contribution in [-0.2, 0) is 20.0 Å². The Balaban J connectivity index is 2.88. The van der Waals surface area contributed by atoms with Gasteiger partial charge in [-0.05, 0) is 38.0 Å². The molecule has 0 aliphatic rings. The summed E-state index contributed by atoms with van der Waals surface area (Å²) in [6, 6.07) is 9.33. The second-order valence-corrected chi connectivity index (χ2v) is 6.29.